The first-order valence-corrected chi connectivity index (χ1v) is 10.8. The minimum absolute atomic E-state index is 0.0731. The summed E-state index contributed by atoms with van der Waals surface area (Å²) in [5, 5.41) is 6.56. The Bertz CT molecular complexity index is 847. The first-order chi connectivity index (χ1) is 13.7. The van der Waals surface area contributed by atoms with Gasteiger partial charge in [-0.25, -0.2) is 14.2 Å². The fourth-order valence-electron chi connectivity index (χ4n) is 3.10. The SMILES string of the molecule is CC(C)(C)OC(=O)N1CCC(Nc2c(F)cccc2NCc2cnc(Cl)s2)CC1. The number of thiazole rings is 1. The Balaban J connectivity index is 1.58. The van der Waals surface area contributed by atoms with Gasteiger partial charge in [0, 0.05) is 30.2 Å². The molecule has 2 N–H and O–H groups in total. The summed E-state index contributed by atoms with van der Waals surface area (Å²) in [6.07, 6.45) is 2.85. The number of ether oxygens (including phenoxy) is 1. The predicted octanol–water partition coefficient (Wildman–Crippen LogP) is 5.36. The second-order valence-electron chi connectivity index (χ2n) is 7.98. The van der Waals surface area contributed by atoms with Gasteiger partial charge in [-0.1, -0.05) is 17.7 Å². The van der Waals surface area contributed by atoms with Crippen LogP contribution >= 0.6 is 22.9 Å². The van der Waals surface area contributed by atoms with Crippen LogP contribution in [0.25, 0.3) is 0 Å². The average molecular weight is 441 g/mol. The number of rotatable bonds is 5. The minimum Gasteiger partial charge on any atom is -0.444 e. The highest BCUT2D eigenvalue weighted by atomic mass is 35.5. The van der Waals surface area contributed by atoms with E-state index in [2.05, 4.69) is 15.6 Å². The smallest absolute Gasteiger partial charge is 0.410 e. The molecule has 29 heavy (non-hydrogen) atoms. The summed E-state index contributed by atoms with van der Waals surface area (Å²) >= 11 is 7.25. The van der Waals surface area contributed by atoms with Crippen molar-refractivity contribution in [2.24, 2.45) is 0 Å². The lowest BCUT2D eigenvalue weighted by Gasteiger charge is -2.34. The zero-order valence-corrected chi connectivity index (χ0v) is 18.4. The monoisotopic (exact) mass is 440 g/mol. The Labute approximate surface area is 179 Å². The number of carbonyl (C=O) groups is 1. The molecule has 0 bridgehead atoms. The number of benzene rings is 1. The van der Waals surface area contributed by atoms with Gasteiger partial charge in [0.1, 0.15) is 11.4 Å². The van der Waals surface area contributed by atoms with Gasteiger partial charge >= 0.3 is 6.09 Å². The number of amides is 1. The number of aromatic nitrogens is 1. The molecule has 2 heterocycles. The normalized spacial score (nSPS) is 15.3. The molecule has 3 rings (SSSR count). The van der Waals surface area contributed by atoms with Crippen molar-refractivity contribution >= 4 is 40.4 Å². The molecule has 1 amide bonds. The van der Waals surface area contributed by atoms with Crippen molar-refractivity contribution in [1.82, 2.24) is 9.88 Å². The largest absolute Gasteiger partial charge is 0.444 e. The number of anilines is 2. The molecule has 0 saturated carbocycles. The molecule has 1 aliphatic heterocycles. The van der Waals surface area contributed by atoms with Gasteiger partial charge in [-0.2, -0.15) is 0 Å². The number of carbonyl (C=O) groups excluding carboxylic acids is 1. The van der Waals surface area contributed by atoms with Crippen molar-refractivity contribution in [1.29, 1.82) is 0 Å². The topological polar surface area (TPSA) is 66.5 Å². The van der Waals surface area contributed by atoms with Gasteiger partial charge in [-0.05, 0) is 45.7 Å². The van der Waals surface area contributed by atoms with Crippen molar-refractivity contribution in [2.45, 2.75) is 51.8 Å². The fraction of sp³-hybridized carbons (Fsp3) is 0.500. The number of likely N-dealkylation sites (tertiary alicyclic amines) is 1. The van der Waals surface area contributed by atoms with Gasteiger partial charge < -0.3 is 20.3 Å². The Morgan fingerprint density at radius 1 is 1.38 bits per heavy atom. The van der Waals surface area contributed by atoms with Crippen LogP contribution in [-0.2, 0) is 11.3 Å². The van der Waals surface area contributed by atoms with E-state index in [0.29, 0.717) is 35.5 Å². The van der Waals surface area contributed by atoms with Crippen LogP contribution in [0, 0.1) is 5.82 Å². The molecule has 9 heteroatoms. The Kier molecular flexibility index (Phi) is 6.85. The molecule has 1 saturated heterocycles. The summed E-state index contributed by atoms with van der Waals surface area (Å²) in [5.74, 6) is -0.313. The van der Waals surface area contributed by atoms with Crippen molar-refractivity contribution in [3.8, 4) is 0 Å². The van der Waals surface area contributed by atoms with E-state index in [1.54, 1.807) is 17.2 Å². The number of hydrogen-bond donors (Lipinski definition) is 2. The molecule has 2 aromatic rings. The molecule has 0 radical (unpaired) electrons. The third kappa shape index (κ3) is 6.21. The van der Waals surface area contributed by atoms with Crippen LogP contribution in [0.3, 0.4) is 0 Å². The fourth-order valence-corrected chi connectivity index (χ4v) is 4.02. The van der Waals surface area contributed by atoms with Crippen molar-refractivity contribution in [2.75, 3.05) is 23.7 Å². The van der Waals surface area contributed by atoms with Crippen molar-refractivity contribution < 1.29 is 13.9 Å². The molecule has 0 spiro atoms. The molecule has 1 fully saturated rings. The zero-order valence-electron chi connectivity index (χ0n) is 16.8. The number of halogens is 2. The standard InChI is InChI=1S/C20H26ClFN4O2S/c1-20(2,3)28-19(27)26-9-7-13(8-10-26)25-17-15(22)5-4-6-16(17)23-11-14-12-24-18(21)29-14/h4-6,12-13,23,25H,7-11H2,1-3H3. The minimum atomic E-state index is -0.512. The highest BCUT2D eigenvalue weighted by Gasteiger charge is 2.27. The average Bonchev–Trinajstić information content (AvgIpc) is 3.06. The number of para-hydroxylation sites is 1. The second-order valence-corrected chi connectivity index (χ2v) is 9.68. The van der Waals surface area contributed by atoms with E-state index in [-0.39, 0.29) is 18.0 Å². The number of piperidine rings is 1. The van der Waals surface area contributed by atoms with Gasteiger partial charge in [0.25, 0.3) is 0 Å². The predicted molar refractivity (Wildman–Crippen MR) is 115 cm³/mol. The van der Waals surface area contributed by atoms with Gasteiger partial charge in [-0.3, -0.25) is 0 Å². The van der Waals surface area contributed by atoms with Gasteiger partial charge in [0.05, 0.1) is 17.9 Å². The molecule has 6 nitrogen and oxygen atoms in total. The second kappa shape index (κ2) is 9.17. The third-order valence-corrected chi connectivity index (χ3v) is 5.60. The molecular weight excluding hydrogens is 415 g/mol. The summed E-state index contributed by atoms with van der Waals surface area (Å²) in [6, 6.07) is 5.02. The number of nitrogens with zero attached hydrogens (tertiary/aromatic N) is 2. The lowest BCUT2D eigenvalue weighted by atomic mass is 10.0. The molecular formula is C20H26ClFN4O2S. The van der Waals surface area contributed by atoms with Crippen LogP contribution in [0.1, 0.15) is 38.5 Å². The molecule has 1 aromatic heterocycles. The van der Waals surface area contributed by atoms with E-state index in [4.69, 9.17) is 16.3 Å². The van der Waals surface area contributed by atoms with Crippen molar-refractivity contribution in [3.05, 3.63) is 39.6 Å². The maximum atomic E-state index is 14.5. The van der Waals surface area contributed by atoms with Gasteiger partial charge in [0.2, 0.25) is 0 Å². The van der Waals surface area contributed by atoms with Crippen LogP contribution < -0.4 is 10.6 Å². The van der Waals surface area contributed by atoms with Crippen molar-refractivity contribution in [3.63, 3.8) is 0 Å². The van der Waals surface area contributed by atoms with Gasteiger partial charge in [-0.15, -0.1) is 11.3 Å². The maximum absolute atomic E-state index is 14.5. The molecule has 158 valence electrons. The molecule has 0 unspecified atom stereocenters. The first kappa shape index (κ1) is 21.6. The van der Waals surface area contributed by atoms with Crippen LogP contribution in [-0.4, -0.2) is 40.7 Å². The quantitative estimate of drug-likeness (QED) is 0.655. The van der Waals surface area contributed by atoms with Gasteiger partial charge in [0.15, 0.2) is 4.47 Å². The Hall–Kier alpha value is -2.06. The van der Waals surface area contributed by atoms with Crippen LogP contribution in [0.4, 0.5) is 20.6 Å². The highest BCUT2D eigenvalue weighted by Crippen LogP contribution is 2.29. The van der Waals surface area contributed by atoms with Crippen LogP contribution in [0.15, 0.2) is 24.4 Å². The van der Waals surface area contributed by atoms with E-state index >= 15 is 0 Å². The van der Waals surface area contributed by atoms with Crippen LogP contribution in [0.5, 0.6) is 0 Å². The summed E-state index contributed by atoms with van der Waals surface area (Å²) in [6.45, 7) is 7.22. The zero-order chi connectivity index (χ0) is 21.0. The first-order valence-electron chi connectivity index (χ1n) is 9.58. The molecule has 0 atom stereocenters. The van der Waals surface area contributed by atoms with E-state index in [0.717, 1.165) is 17.7 Å². The Morgan fingerprint density at radius 2 is 2.10 bits per heavy atom. The van der Waals surface area contributed by atoms with E-state index in [1.165, 1.54) is 17.4 Å². The summed E-state index contributed by atoms with van der Waals surface area (Å²) in [4.78, 5) is 18.9. The summed E-state index contributed by atoms with van der Waals surface area (Å²) in [7, 11) is 0. The number of hydrogen-bond acceptors (Lipinski definition) is 6. The summed E-state index contributed by atoms with van der Waals surface area (Å²) < 4.78 is 20.4. The van der Waals surface area contributed by atoms with E-state index in [1.807, 2.05) is 26.8 Å². The summed E-state index contributed by atoms with van der Waals surface area (Å²) in [5.41, 5.74) is 0.616. The highest BCUT2D eigenvalue weighted by molar-refractivity contribution is 7.15. The number of nitrogens with one attached hydrogen (secondary N) is 2. The lowest BCUT2D eigenvalue weighted by Crippen LogP contribution is -2.44. The lowest BCUT2D eigenvalue weighted by molar-refractivity contribution is 0.0210. The molecule has 0 aliphatic carbocycles. The van der Waals surface area contributed by atoms with Crippen LogP contribution in [0.2, 0.25) is 4.47 Å². The third-order valence-electron chi connectivity index (χ3n) is 4.49. The Morgan fingerprint density at radius 3 is 2.72 bits per heavy atom. The molecule has 1 aromatic carbocycles. The maximum Gasteiger partial charge on any atom is 0.410 e. The molecule has 1 aliphatic rings. The van der Waals surface area contributed by atoms with E-state index < -0.39 is 5.60 Å². The van der Waals surface area contributed by atoms with E-state index in [9.17, 15) is 9.18 Å².